The Balaban J connectivity index is 3.21. The monoisotopic (exact) mass is 276 g/mol. The molecule has 102 valence electrons. The van der Waals surface area contributed by atoms with E-state index in [1.165, 1.54) is 11.8 Å². The summed E-state index contributed by atoms with van der Waals surface area (Å²) < 4.78 is 4.54. The summed E-state index contributed by atoms with van der Waals surface area (Å²) in [4.78, 5) is 12.4. The summed E-state index contributed by atoms with van der Waals surface area (Å²) in [5, 5.41) is 0. The lowest BCUT2D eigenvalue weighted by Gasteiger charge is -2.30. The lowest BCUT2D eigenvalue weighted by molar-refractivity contribution is -0.146. The van der Waals surface area contributed by atoms with E-state index in [0.29, 0.717) is 18.8 Å². The Hall–Kier alpha value is -1.48. The highest BCUT2D eigenvalue weighted by Crippen LogP contribution is 2.41. The van der Waals surface area contributed by atoms with Crippen molar-refractivity contribution in [1.82, 2.24) is 0 Å². The van der Waals surface area contributed by atoms with E-state index < -0.39 is 4.75 Å². The molecular weight excluding hydrogens is 256 g/mol. The van der Waals surface area contributed by atoms with Gasteiger partial charge in [0.15, 0.2) is 0 Å². The number of rotatable bonds is 8. The molecule has 0 bridgehead atoms. The van der Waals surface area contributed by atoms with Crippen LogP contribution in [0.3, 0.4) is 0 Å². The van der Waals surface area contributed by atoms with Crippen LogP contribution in [-0.2, 0) is 14.3 Å². The van der Waals surface area contributed by atoms with Gasteiger partial charge in [0, 0.05) is 5.75 Å². The third-order valence-corrected chi connectivity index (χ3v) is 4.19. The highest BCUT2D eigenvalue weighted by Gasteiger charge is 2.40. The van der Waals surface area contributed by atoms with Crippen molar-refractivity contribution in [3.63, 3.8) is 0 Å². The Labute approximate surface area is 119 Å². The van der Waals surface area contributed by atoms with Crippen molar-refractivity contribution < 1.29 is 9.53 Å². The minimum absolute atomic E-state index is 0.215. The van der Waals surface area contributed by atoms with Crippen LogP contribution in [0.5, 0.6) is 0 Å². The van der Waals surface area contributed by atoms with Gasteiger partial charge in [0.2, 0.25) is 0 Å². The first kappa shape index (κ1) is 15.6. The molecule has 0 aliphatic rings. The number of ether oxygens (including phenoxy) is 1. The average molecular weight is 276 g/mol. The number of carbonyl (C=O) groups excluding carboxylic acids is 1. The average Bonchev–Trinajstić information content (AvgIpc) is 2.44. The molecule has 1 aromatic carbocycles. The Morgan fingerprint density at radius 3 is 2.53 bits per heavy atom. The second-order valence-corrected chi connectivity index (χ2v) is 5.32. The summed E-state index contributed by atoms with van der Waals surface area (Å²) in [6.07, 6.45) is 4.10. The molecule has 0 aromatic heterocycles. The summed E-state index contributed by atoms with van der Waals surface area (Å²) in [7, 11) is 0. The van der Waals surface area contributed by atoms with Crippen molar-refractivity contribution in [3.8, 4) is 0 Å². The van der Waals surface area contributed by atoms with E-state index in [4.69, 9.17) is 4.74 Å². The molecule has 1 rings (SSSR count). The Kier molecular flexibility index (Phi) is 6.43. The number of benzene rings is 1. The van der Waals surface area contributed by atoms with Gasteiger partial charge in [0.25, 0.3) is 0 Å². The number of carbonyl (C=O) groups is 1. The summed E-state index contributed by atoms with van der Waals surface area (Å²) in [6.45, 7) is 9.69. The number of thioether (sulfide) groups is 1. The fraction of sp³-hybridized carbons (Fsp3) is 0.312. The van der Waals surface area contributed by atoms with Gasteiger partial charge < -0.3 is 4.74 Å². The molecule has 2 nitrogen and oxygen atoms in total. The van der Waals surface area contributed by atoms with Crippen LogP contribution in [0.1, 0.15) is 18.9 Å². The van der Waals surface area contributed by atoms with E-state index in [9.17, 15) is 4.79 Å². The van der Waals surface area contributed by atoms with Crippen molar-refractivity contribution >= 4 is 17.7 Å². The van der Waals surface area contributed by atoms with Crippen molar-refractivity contribution in [1.29, 1.82) is 0 Å². The highest BCUT2D eigenvalue weighted by atomic mass is 32.2. The highest BCUT2D eigenvalue weighted by molar-refractivity contribution is 8.01. The number of hydrogen-bond donors (Lipinski definition) is 0. The third-order valence-electron chi connectivity index (χ3n) is 2.72. The maximum atomic E-state index is 12.4. The van der Waals surface area contributed by atoms with Gasteiger partial charge in [-0.05, 0) is 18.9 Å². The lowest BCUT2D eigenvalue weighted by Crippen LogP contribution is -2.34. The maximum absolute atomic E-state index is 12.4. The normalized spacial score (nSPS) is 13.3. The van der Waals surface area contributed by atoms with Crippen LogP contribution in [0.4, 0.5) is 0 Å². The van der Waals surface area contributed by atoms with E-state index in [2.05, 4.69) is 13.2 Å². The van der Waals surface area contributed by atoms with Crippen LogP contribution in [0.25, 0.3) is 0 Å². The molecule has 0 amide bonds. The summed E-state index contributed by atoms with van der Waals surface area (Å²) >= 11 is 1.53. The standard InChI is InChI=1S/C16H20O2S/c1-4-12-16(19-13-5-2,15(17)18-6-3)14-10-8-7-9-11-14/h4-5,7-11H,1-2,6,12-13H2,3H3. The molecule has 1 atom stereocenters. The summed E-state index contributed by atoms with van der Waals surface area (Å²) in [5.41, 5.74) is 0.945. The van der Waals surface area contributed by atoms with E-state index in [1.54, 1.807) is 12.2 Å². The molecule has 19 heavy (non-hydrogen) atoms. The smallest absolute Gasteiger partial charge is 0.327 e. The molecule has 3 heteroatoms. The lowest BCUT2D eigenvalue weighted by atomic mass is 9.94. The molecule has 0 aliphatic carbocycles. The SMILES string of the molecule is C=CCSC(CC=C)(C(=O)OCC)c1ccccc1. The maximum Gasteiger partial charge on any atom is 0.327 e. The van der Waals surface area contributed by atoms with Gasteiger partial charge in [-0.25, -0.2) is 0 Å². The predicted molar refractivity (Wildman–Crippen MR) is 82.2 cm³/mol. The van der Waals surface area contributed by atoms with Crippen LogP contribution in [-0.4, -0.2) is 18.3 Å². The largest absolute Gasteiger partial charge is 0.465 e. The third kappa shape index (κ3) is 3.74. The fourth-order valence-electron chi connectivity index (χ4n) is 1.88. The molecule has 0 spiro atoms. The number of allylic oxidation sites excluding steroid dienone is 1. The van der Waals surface area contributed by atoms with Gasteiger partial charge in [0.1, 0.15) is 4.75 Å². The Bertz CT molecular complexity index is 428. The first-order valence-electron chi connectivity index (χ1n) is 6.29. The van der Waals surface area contributed by atoms with Gasteiger partial charge in [0.05, 0.1) is 6.61 Å². The zero-order valence-corrected chi connectivity index (χ0v) is 12.1. The molecule has 0 aliphatic heterocycles. The Morgan fingerprint density at radius 1 is 1.32 bits per heavy atom. The van der Waals surface area contributed by atoms with Crippen molar-refractivity contribution in [2.45, 2.75) is 18.1 Å². The zero-order valence-electron chi connectivity index (χ0n) is 11.3. The molecule has 1 aromatic rings. The molecule has 0 radical (unpaired) electrons. The minimum Gasteiger partial charge on any atom is -0.465 e. The molecule has 0 heterocycles. The second-order valence-electron chi connectivity index (χ2n) is 4.01. The molecular formula is C16H20O2S. The molecule has 0 N–H and O–H groups in total. The molecule has 0 saturated heterocycles. The fourth-order valence-corrected chi connectivity index (χ4v) is 3.00. The van der Waals surface area contributed by atoms with Crippen molar-refractivity contribution in [2.75, 3.05) is 12.4 Å². The van der Waals surface area contributed by atoms with Gasteiger partial charge in [-0.15, -0.1) is 24.9 Å². The first-order chi connectivity index (χ1) is 9.21. The zero-order chi connectivity index (χ0) is 14.1. The van der Waals surface area contributed by atoms with Crippen molar-refractivity contribution in [3.05, 3.63) is 61.2 Å². The van der Waals surface area contributed by atoms with Gasteiger partial charge in [-0.2, -0.15) is 0 Å². The summed E-state index contributed by atoms with van der Waals surface area (Å²) in [6, 6.07) is 9.71. The van der Waals surface area contributed by atoms with Gasteiger partial charge in [-0.1, -0.05) is 42.5 Å². The van der Waals surface area contributed by atoms with E-state index in [-0.39, 0.29) is 5.97 Å². The van der Waals surface area contributed by atoms with E-state index in [0.717, 1.165) is 5.56 Å². The summed E-state index contributed by atoms with van der Waals surface area (Å²) in [5.74, 6) is 0.467. The predicted octanol–water partition coefficient (Wildman–Crippen LogP) is 3.94. The number of esters is 1. The topological polar surface area (TPSA) is 26.3 Å². The second kappa shape index (κ2) is 7.85. The molecule has 0 fully saturated rings. The number of hydrogen-bond acceptors (Lipinski definition) is 3. The Morgan fingerprint density at radius 2 is 2.00 bits per heavy atom. The quantitative estimate of drug-likeness (QED) is 0.531. The van der Waals surface area contributed by atoms with Crippen LogP contribution < -0.4 is 0 Å². The van der Waals surface area contributed by atoms with Gasteiger partial charge >= 0.3 is 5.97 Å². The van der Waals surface area contributed by atoms with Crippen LogP contribution in [0, 0.1) is 0 Å². The first-order valence-corrected chi connectivity index (χ1v) is 7.28. The van der Waals surface area contributed by atoms with Crippen LogP contribution in [0.2, 0.25) is 0 Å². The van der Waals surface area contributed by atoms with Crippen molar-refractivity contribution in [2.24, 2.45) is 0 Å². The van der Waals surface area contributed by atoms with E-state index >= 15 is 0 Å². The minimum atomic E-state index is -0.729. The van der Waals surface area contributed by atoms with Gasteiger partial charge in [-0.3, -0.25) is 4.79 Å². The van der Waals surface area contributed by atoms with E-state index in [1.807, 2.05) is 37.3 Å². The molecule has 0 saturated carbocycles. The van der Waals surface area contributed by atoms with Crippen LogP contribution in [0.15, 0.2) is 55.6 Å². The van der Waals surface area contributed by atoms with Crippen LogP contribution >= 0.6 is 11.8 Å². The molecule has 1 unspecified atom stereocenters.